The molecule has 3 fully saturated rings. The van der Waals surface area contributed by atoms with Crippen molar-refractivity contribution in [1.82, 2.24) is 0 Å². The maximum absolute atomic E-state index is 13.3. The summed E-state index contributed by atoms with van der Waals surface area (Å²) >= 11 is 0. The van der Waals surface area contributed by atoms with E-state index in [2.05, 4.69) is 0 Å². The molecule has 0 radical (unpaired) electrons. The number of fused-ring (bicyclic) bond motifs is 5. The lowest BCUT2D eigenvalue weighted by atomic mass is 9.62. The van der Waals surface area contributed by atoms with E-state index in [1.54, 1.807) is 0 Å². The zero-order valence-electron chi connectivity index (χ0n) is 15.6. The predicted octanol–water partition coefficient (Wildman–Crippen LogP) is 1.31. The monoisotopic (exact) mass is 424 g/mol. The maximum Gasteiger partial charge on any atom is 0.417 e. The molecule has 2 bridgehead atoms. The Bertz CT molecular complexity index is 1050. The SMILES string of the molecule is CC12OC(C)(C(C(=O)O)C1O)C1C(=O)N(c3ccc(C#N)c(C(F)(F)F)c3)C(=O)C12. The van der Waals surface area contributed by atoms with E-state index in [1.807, 2.05) is 0 Å². The highest BCUT2D eigenvalue weighted by atomic mass is 19.4. The van der Waals surface area contributed by atoms with Crippen LogP contribution >= 0.6 is 0 Å². The van der Waals surface area contributed by atoms with Gasteiger partial charge in [-0.2, -0.15) is 18.4 Å². The first-order valence-electron chi connectivity index (χ1n) is 8.89. The van der Waals surface area contributed by atoms with Crippen LogP contribution in [0.1, 0.15) is 25.0 Å². The van der Waals surface area contributed by atoms with Crippen molar-refractivity contribution in [2.75, 3.05) is 4.90 Å². The van der Waals surface area contributed by atoms with Gasteiger partial charge in [0.05, 0.1) is 46.4 Å². The highest BCUT2D eigenvalue weighted by molar-refractivity contribution is 6.23. The average molecular weight is 424 g/mol. The first kappa shape index (κ1) is 20.3. The molecule has 8 nitrogen and oxygen atoms in total. The van der Waals surface area contributed by atoms with Crippen LogP contribution in [0.25, 0.3) is 0 Å². The normalized spacial score (nSPS) is 37.4. The van der Waals surface area contributed by atoms with Gasteiger partial charge in [-0.05, 0) is 32.0 Å². The number of aliphatic hydroxyl groups excluding tert-OH is 1. The summed E-state index contributed by atoms with van der Waals surface area (Å²) < 4.78 is 45.7. The van der Waals surface area contributed by atoms with Crippen molar-refractivity contribution in [3.05, 3.63) is 29.3 Å². The summed E-state index contributed by atoms with van der Waals surface area (Å²) in [5.74, 6) is -7.25. The van der Waals surface area contributed by atoms with Crippen molar-refractivity contribution >= 4 is 23.5 Å². The van der Waals surface area contributed by atoms with E-state index in [4.69, 9.17) is 10.00 Å². The predicted molar refractivity (Wildman–Crippen MR) is 90.7 cm³/mol. The van der Waals surface area contributed by atoms with Gasteiger partial charge in [0.15, 0.2) is 0 Å². The van der Waals surface area contributed by atoms with E-state index in [0.29, 0.717) is 11.0 Å². The lowest BCUT2D eigenvalue weighted by Gasteiger charge is -2.36. The number of alkyl halides is 3. The molecule has 0 saturated carbocycles. The van der Waals surface area contributed by atoms with Gasteiger partial charge in [0, 0.05) is 0 Å². The molecule has 6 unspecified atom stereocenters. The van der Waals surface area contributed by atoms with Crippen molar-refractivity contribution in [3.63, 3.8) is 0 Å². The van der Waals surface area contributed by atoms with Gasteiger partial charge in [-0.15, -0.1) is 0 Å². The van der Waals surface area contributed by atoms with Gasteiger partial charge in [-0.25, -0.2) is 4.90 Å². The first-order chi connectivity index (χ1) is 13.8. The zero-order chi connectivity index (χ0) is 22.4. The number of carbonyl (C=O) groups is 3. The van der Waals surface area contributed by atoms with E-state index in [9.17, 15) is 37.8 Å². The number of nitrogens with zero attached hydrogens (tertiary/aromatic N) is 2. The number of aliphatic hydroxyl groups is 1. The van der Waals surface area contributed by atoms with Crippen molar-refractivity contribution in [2.24, 2.45) is 17.8 Å². The van der Waals surface area contributed by atoms with Crippen LogP contribution in [-0.2, 0) is 25.3 Å². The summed E-state index contributed by atoms with van der Waals surface area (Å²) in [6.07, 6.45) is -6.49. The fourth-order valence-electron chi connectivity index (χ4n) is 5.21. The number of carboxylic acids is 1. The number of rotatable bonds is 2. The molecular formula is C19H15F3N2O6. The summed E-state index contributed by atoms with van der Waals surface area (Å²) in [5, 5.41) is 29.0. The standard InChI is InChI=1S/C19H15F3N2O6/c1-17-10-11(18(2,30-17)13(25)12(17)16(28)29)15(27)24(14(10)26)8-4-3-7(6-23)9(5-8)19(20,21)22/h3-5,10-13,25H,1-2H3,(H,28,29). The summed E-state index contributed by atoms with van der Waals surface area (Å²) in [5.41, 5.74) is -5.78. The smallest absolute Gasteiger partial charge is 0.417 e. The number of nitriles is 1. The minimum Gasteiger partial charge on any atom is -0.481 e. The number of imide groups is 1. The van der Waals surface area contributed by atoms with Crippen molar-refractivity contribution < 1.29 is 42.5 Å². The number of amides is 2. The molecule has 3 heterocycles. The second kappa shape index (κ2) is 5.80. The van der Waals surface area contributed by atoms with Gasteiger partial charge in [0.2, 0.25) is 11.8 Å². The summed E-state index contributed by atoms with van der Waals surface area (Å²) in [6, 6.07) is 3.85. The van der Waals surface area contributed by atoms with Gasteiger partial charge in [0.1, 0.15) is 11.5 Å². The molecule has 0 spiro atoms. The Kier molecular flexibility index (Phi) is 3.93. The van der Waals surface area contributed by atoms with Gasteiger partial charge in [-0.1, -0.05) is 0 Å². The molecule has 11 heteroatoms. The molecule has 1 aromatic carbocycles. The molecule has 2 amide bonds. The van der Waals surface area contributed by atoms with E-state index < -0.39 is 75.8 Å². The maximum atomic E-state index is 13.3. The van der Waals surface area contributed by atoms with E-state index in [1.165, 1.54) is 19.9 Å². The van der Waals surface area contributed by atoms with E-state index in [0.717, 1.165) is 12.1 Å². The topological polar surface area (TPSA) is 128 Å². The zero-order valence-corrected chi connectivity index (χ0v) is 15.6. The van der Waals surface area contributed by atoms with Crippen LogP contribution in [0.2, 0.25) is 0 Å². The third-order valence-electron chi connectivity index (χ3n) is 6.45. The Balaban J connectivity index is 1.83. The Labute approximate surface area is 167 Å². The van der Waals surface area contributed by atoms with Crippen LogP contribution in [0.5, 0.6) is 0 Å². The van der Waals surface area contributed by atoms with Crippen LogP contribution < -0.4 is 4.90 Å². The van der Waals surface area contributed by atoms with Gasteiger partial charge in [0.25, 0.3) is 0 Å². The molecular weight excluding hydrogens is 409 g/mol. The highest BCUT2D eigenvalue weighted by Gasteiger charge is 2.80. The van der Waals surface area contributed by atoms with Crippen LogP contribution in [0.4, 0.5) is 18.9 Å². The van der Waals surface area contributed by atoms with E-state index in [-0.39, 0.29) is 0 Å². The molecule has 6 atom stereocenters. The second-order valence-electron chi connectivity index (χ2n) is 8.04. The lowest BCUT2D eigenvalue weighted by Crippen LogP contribution is -2.56. The van der Waals surface area contributed by atoms with Crippen LogP contribution in [0.3, 0.4) is 0 Å². The number of anilines is 1. The van der Waals surface area contributed by atoms with E-state index >= 15 is 0 Å². The molecule has 3 aliphatic heterocycles. The van der Waals surface area contributed by atoms with Gasteiger partial charge in [-0.3, -0.25) is 14.4 Å². The fourth-order valence-corrected chi connectivity index (χ4v) is 5.21. The van der Waals surface area contributed by atoms with Gasteiger partial charge >= 0.3 is 12.1 Å². The largest absolute Gasteiger partial charge is 0.481 e. The minimum atomic E-state index is -4.90. The molecule has 1 aromatic rings. The summed E-state index contributed by atoms with van der Waals surface area (Å²) in [6.45, 7) is 2.62. The Morgan fingerprint density at radius 3 is 2.27 bits per heavy atom. The lowest BCUT2D eigenvalue weighted by molar-refractivity contribution is -0.154. The van der Waals surface area contributed by atoms with Crippen molar-refractivity contribution in [1.29, 1.82) is 5.26 Å². The fraction of sp³-hybridized carbons (Fsp3) is 0.474. The number of carboxylic acid groups (broad SMARTS) is 1. The minimum absolute atomic E-state index is 0.390. The van der Waals surface area contributed by atoms with Crippen molar-refractivity contribution in [3.8, 4) is 6.07 Å². The molecule has 3 saturated heterocycles. The van der Waals surface area contributed by atoms with Crippen molar-refractivity contribution in [2.45, 2.75) is 37.3 Å². The van der Waals surface area contributed by atoms with Crippen LogP contribution in [0, 0.1) is 29.1 Å². The number of carbonyl (C=O) groups excluding carboxylic acids is 2. The highest BCUT2D eigenvalue weighted by Crippen LogP contribution is 2.63. The second-order valence-corrected chi connectivity index (χ2v) is 8.04. The van der Waals surface area contributed by atoms with Crippen LogP contribution in [0.15, 0.2) is 18.2 Å². The van der Waals surface area contributed by atoms with Gasteiger partial charge < -0.3 is 14.9 Å². The number of hydrogen-bond donors (Lipinski definition) is 2. The third kappa shape index (κ3) is 2.26. The Morgan fingerprint density at radius 1 is 1.20 bits per heavy atom. The molecule has 3 aliphatic rings. The first-order valence-corrected chi connectivity index (χ1v) is 8.89. The summed E-state index contributed by atoms with van der Waals surface area (Å²) in [4.78, 5) is 38.5. The summed E-state index contributed by atoms with van der Waals surface area (Å²) in [7, 11) is 0. The molecule has 0 aliphatic carbocycles. The number of hydrogen-bond acceptors (Lipinski definition) is 6. The average Bonchev–Trinajstić information content (AvgIpc) is 3.13. The number of benzene rings is 1. The molecule has 4 rings (SSSR count). The number of ether oxygens (including phenoxy) is 1. The Morgan fingerprint density at radius 2 is 1.77 bits per heavy atom. The Hall–Kier alpha value is -2.97. The molecule has 30 heavy (non-hydrogen) atoms. The quantitative estimate of drug-likeness (QED) is 0.685. The van der Waals surface area contributed by atoms with Crippen LogP contribution in [-0.4, -0.2) is 45.3 Å². The molecule has 0 aromatic heterocycles. The molecule has 2 N–H and O–H groups in total. The number of aliphatic carboxylic acids is 1. The third-order valence-corrected chi connectivity index (χ3v) is 6.45. The number of halogens is 3. The molecule has 158 valence electrons.